The summed E-state index contributed by atoms with van der Waals surface area (Å²) in [4.78, 5) is 11.3. The molecule has 0 bridgehead atoms. The lowest BCUT2D eigenvalue weighted by molar-refractivity contribution is -0.205. The van der Waals surface area contributed by atoms with Gasteiger partial charge in [0.1, 0.15) is 12.0 Å². The molecule has 1 aromatic carbocycles. The van der Waals surface area contributed by atoms with Crippen molar-refractivity contribution in [3.63, 3.8) is 0 Å². The summed E-state index contributed by atoms with van der Waals surface area (Å²) in [6, 6.07) is 7.94. The molecule has 6 heteroatoms. The van der Waals surface area contributed by atoms with Crippen molar-refractivity contribution < 1.29 is 23.4 Å². The van der Waals surface area contributed by atoms with Gasteiger partial charge >= 0.3 is 0 Å². The number of aldehydes is 1. The van der Waals surface area contributed by atoms with Crippen LogP contribution in [-0.4, -0.2) is 46.1 Å². The fourth-order valence-corrected chi connectivity index (χ4v) is 5.57. The van der Waals surface area contributed by atoms with Gasteiger partial charge in [0, 0.05) is 18.3 Å². The molecule has 1 fully saturated rings. The van der Waals surface area contributed by atoms with Crippen molar-refractivity contribution >= 4 is 14.6 Å². The third kappa shape index (κ3) is 6.41. The predicted molar refractivity (Wildman–Crippen MR) is 127 cm³/mol. The van der Waals surface area contributed by atoms with Crippen LogP contribution in [0.2, 0.25) is 18.1 Å². The van der Waals surface area contributed by atoms with Crippen molar-refractivity contribution in [2.24, 2.45) is 11.8 Å². The highest BCUT2D eigenvalue weighted by molar-refractivity contribution is 6.74. The number of ether oxygens (including phenoxy) is 3. The Morgan fingerprint density at radius 3 is 2.26 bits per heavy atom. The number of rotatable bonds is 9. The van der Waals surface area contributed by atoms with Crippen molar-refractivity contribution in [1.29, 1.82) is 0 Å². The van der Waals surface area contributed by atoms with Gasteiger partial charge in [-0.3, -0.25) is 0 Å². The van der Waals surface area contributed by atoms with Gasteiger partial charge in [0.15, 0.2) is 8.32 Å². The number of carbonyl (C=O) groups excluding carboxylic acids is 1. The number of hydrogen-bond donors (Lipinski definition) is 0. The van der Waals surface area contributed by atoms with Crippen LogP contribution in [0.5, 0.6) is 5.75 Å². The maximum absolute atomic E-state index is 11.3. The van der Waals surface area contributed by atoms with Crippen LogP contribution in [0.3, 0.4) is 0 Å². The molecule has 5 nitrogen and oxygen atoms in total. The average molecular weight is 451 g/mol. The minimum absolute atomic E-state index is 0.0173. The Balaban J connectivity index is 2.16. The zero-order chi connectivity index (χ0) is 23.4. The van der Waals surface area contributed by atoms with E-state index in [1.807, 2.05) is 24.3 Å². The fourth-order valence-electron chi connectivity index (χ4n) is 4.16. The molecule has 31 heavy (non-hydrogen) atoms. The van der Waals surface area contributed by atoms with E-state index in [1.54, 1.807) is 7.11 Å². The first-order valence-corrected chi connectivity index (χ1v) is 14.3. The summed E-state index contributed by atoms with van der Waals surface area (Å²) in [6.45, 7) is 18.2. The van der Waals surface area contributed by atoms with Gasteiger partial charge in [0.2, 0.25) is 0 Å². The molecule has 0 saturated carbocycles. The Bertz CT molecular complexity index is 697. The summed E-state index contributed by atoms with van der Waals surface area (Å²) in [5.74, 6) is 1.10. The van der Waals surface area contributed by atoms with E-state index >= 15 is 0 Å². The van der Waals surface area contributed by atoms with E-state index in [0.29, 0.717) is 13.0 Å². The van der Waals surface area contributed by atoms with Crippen LogP contribution in [0, 0.1) is 11.8 Å². The first-order chi connectivity index (χ1) is 14.4. The second-order valence-corrected chi connectivity index (χ2v) is 15.2. The lowest BCUT2D eigenvalue weighted by Gasteiger charge is -2.48. The van der Waals surface area contributed by atoms with E-state index in [2.05, 4.69) is 54.6 Å². The van der Waals surface area contributed by atoms with Gasteiger partial charge < -0.3 is 23.4 Å². The van der Waals surface area contributed by atoms with Crippen LogP contribution in [0.25, 0.3) is 0 Å². The quantitative estimate of drug-likeness (QED) is 0.361. The summed E-state index contributed by atoms with van der Waals surface area (Å²) in [6.07, 6.45) is 0.968. The Hall–Kier alpha value is -1.21. The van der Waals surface area contributed by atoms with Crippen LogP contribution < -0.4 is 4.74 Å². The van der Waals surface area contributed by atoms with Crippen LogP contribution >= 0.6 is 0 Å². The molecule has 176 valence electrons. The molecule has 1 aliphatic rings. The first kappa shape index (κ1) is 26.0. The molecule has 0 spiro atoms. The van der Waals surface area contributed by atoms with Crippen molar-refractivity contribution in [3.05, 3.63) is 29.8 Å². The van der Waals surface area contributed by atoms with E-state index in [0.717, 1.165) is 17.6 Å². The molecule has 0 radical (unpaired) electrons. The molecular weight excluding hydrogens is 408 g/mol. The van der Waals surface area contributed by atoms with Crippen LogP contribution in [-0.2, 0) is 25.3 Å². The molecule has 0 N–H and O–H groups in total. The first-order valence-electron chi connectivity index (χ1n) is 11.4. The SMILES string of the molecule is COc1ccc(CO[C@@H]2[C@@H](C)[C@H]([C@H](C)O[Si](C)(C)C(C)(C)C)O[C@H](CC=O)[C@@H]2C)cc1. The van der Waals surface area contributed by atoms with E-state index in [-0.39, 0.29) is 41.3 Å². The fraction of sp³-hybridized carbons (Fsp3) is 0.720. The van der Waals surface area contributed by atoms with Crippen molar-refractivity contribution in [2.45, 2.75) is 97.1 Å². The molecule has 0 aromatic heterocycles. The summed E-state index contributed by atoms with van der Waals surface area (Å²) < 4.78 is 24.8. The number of methoxy groups -OCH3 is 1. The molecule has 1 aromatic rings. The Morgan fingerprint density at radius 1 is 1.13 bits per heavy atom. The van der Waals surface area contributed by atoms with E-state index in [9.17, 15) is 4.79 Å². The standard InChI is InChI=1S/C25H42O5Si/c1-17-22(14-15-26)29-24(19(3)30-31(8,9)25(4,5)6)18(2)23(17)28-16-20-10-12-21(27-7)13-11-20/h10-13,15,17-19,22-24H,14,16H2,1-9H3/t17-,18+,19-,22+,23-,24+/m0/s1. The molecule has 0 aliphatic carbocycles. The number of benzene rings is 1. The molecule has 1 heterocycles. The number of carbonyl (C=O) groups is 1. The monoisotopic (exact) mass is 450 g/mol. The Labute approximate surface area is 189 Å². The second kappa shape index (κ2) is 10.6. The molecule has 0 unspecified atom stereocenters. The van der Waals surface area contributed by atoms with Gasteiger partial charge in [-0.1, -0.05) is 46.8 Å². The minimum atomic E-state index is -1.94. The van der Waals surface area contributed by atoms with Crippen molar-refractivity contribution in [3.8, 4) is 5.75 Å². The van der Waals surface area contributed by atoms with Gasteiger partial charge in [-0.25, -0.2) is 0 Å². The molecule has 0 amide bonds. The van der Waals surface area contributed by atoms with Crippen LogP contribution in [0.1, 0.15) is 53.5 Å². The van der Waals surface area contributed by atoms with Gasteiger partial charge in [0.05, 0.1) is 38.1 Å². The van der Waals surface area contributed by atoms with Gasteiger partial charge in [0.25, 0.3) is 0 Å². The van der Waals surface area contributed by atoms with Crippen LogP contribution in [0.15, 0.2) is 24.3 Å². The summed E-state index contributed by atoms with van der Waals surface area (Å²) >= 11 is 0. The summed E-state index contributed by atoms with van der Waals surface area (Å²) in [7, 11) is -0.280. The van der Waals surface area contributed by atoms with E-state index in [1.165, 1.54) is 0 Å². The van der Waals surface area contributed by atoms with Crippen molar-refractivity contribution in [2.75, 3.05) is 7.11 Å². The highest BCUT2D eigenvalue weighted by Crippen LogP contribution is 2.41. The molecular formula is C25H42O5Si. The largest absolute Gasteiger partial charge is 0.497 e. The molecule has 1 saturated heterocycles. The highest BCUT2D eigenvalue weighted by atomic mass is 28.4. The van der Waals surface area contributed by atoms with Crippen LogP contribution in [0.4, 0.5) is 0 Å². The minimum Gasteiger partial charge on any atom is -0.497 e. The molecule has 1 aliphatic heterocycles. The van der Waals surface area contributed by atoms with E-state index in [4.69, 9.17) is 18.6 Å². The van der Waals surface area contributed by atoms with E-state index < -0.39 is 8.32 Å². The average Bonchev–Trinajstić information content (AvgIpc) is 2.69. The maximum atomic E-state index is 11.3. The topological polar surface area (TPSA) is 54.0 Å². The zero-order valence-corrected chi connectivity index (χ0v) is 21.8. The third-order valence-corrected chi connectivity index (χ3v) is 11.7. The Morgan fingerprint density at radius 2 is 1.74 bits per heavy atom. The lowest BCUT2D eigenvalue weighted by atomic mass is 9.80. The zero-order valence-electron chi connectivity index (χ0n) is 20.8. The van der Waals surface area contributed by atoms with Crippen molar-refractivity contribution in [1.82, 2.24) is 0 Å². The lowest BCUT2D eigenvalue weighted by Crippen LogP contribution is -2.56. The summed E-state index contributed by atoms with van der Waals surface area (Å²) in [5.41, 5.74) is 1.10. The molecule has 2 rings (SSSR count). The van der Waals surface area contributed by atoms with Gasteiger partial charge in [-0.2, -0.15) is 0 Å². The predicted octanol–water partition coefficient (Wildman–Crippen LogP) is 5.62. The normalized spacial score (nSPS) is 28.2. The summed E-state index contributed by atoms with van der Waals surface area (Å²) in [5, 5.41) is 0.124. The molecule has 6 atom stereocenters. The second-order valence-electron chi connectivity index (χ2n) is 10.5. The maximum Gasteiger partial charge on any atom is 0.192 e. The van der Waals surface area contributed by atoms with Gasteiger partial charge in [-0.05, 0) is 42.8 Å². The third-order valence-electron chi connectivity index (χ3n) is 7.15. The number of hydrogen-bond acceptors (Lipinski definition) is 5. The smallest absolute Gasteiger partial charge is 0.192 e. The highest BCUT2D eigenvalue weighted by Gasteiger charge is 2.47. The van der Waals surface area contributed by atoms with Gasteiger partial charge in [-0.15, -0.1) is 0 Å². The Kier molecular flexibility index (Phi) is 8.91.